The lowest BCUT2D eigenvalue weighted by molar-refractivity contribution is -0.315. The Balaban J connectivity index is 2.14. The van der Waals surface area contributed by atoms with Gasteiger partial charge < -0.3 is 48.5 Å². The molecule has 2 rings (SSSR count). The van der Waals surface area contributed by atoms with Crippen LogP contribution < -0.4 is 30.9 Å². The summed E-state index contributed by atoms with van der Waals surface area (Å²) in [5.74, 6) is -0.169. The molecule has 3 N–H and O–H groups in total. The van der Waals surface area contributed by atoms with Crippen LogP contribution in [-0.4, -0.2) is 58.3 Å². The Bertz CT molecular complexity index is 919. The molecule has 28 heavy (non-hydrogen) atoms. The molecular formula is C12H17N5O9P2-4. The summed E-state index contributed by atoms with van der Waals surface area (Å²) >= 11 is 0. The van der Waals surface area contributed by atoms with Crippen LogP contribution >= 0.6 is 15.2 Å². The van der Waals surface area contributed by atoms with Gasteiger partial charge in [-0.05, 0) is 12.3 Å². The molecule has 0 spiro atoms. The summed E-state index contributed by atoms with van der Waals surface area (Å²) in [7, 11) is -9.47. The zero-order chi connectivity index (χ0) is 20.9. The Kier molecular flexibility index (Phi) is 7.48. The van der Waals surface area contributed by atoms with Crippen LogP contribution in [0, 0.1) is 0 Å². The van der Waals surface area contributed by atoms with E-state index in [-0.39, 0.29) is 43.5 Å². The number of rotatable bonds is 11. The van der Waals surface area contributed by atoms with E-state index < -0.39 is 39.1 Å². The number of hydrogen-bond donors (Lipinski definition) is 2. The van der Waals surface area contributed by atoms with Crippen LogP contribution in [0.2, 0.25) is 0 Å². The first-order valence-corrected chi connectivity index (χ1v) is 11.3. The van der Waals surface area contributed by atoms with Crippen molar-refractivity contribution in [3.8, 4) is 0 Å². The van der Waals surface area contributed by atoms with Crippen LogP contribution in [0.5, 0.6) is 0 Å². The molecule has 2 heterocycles. The van der Waals surface area contributed by atoms with Crippen molar-refractivity contribution in [3.05, 3.63) is 16.7 Å². The number of ether oxygens (including phenoxy) is 2. The van der Waals surface area contributed by atoms with Crippen LogP contribution in [0.25, 0.3) is 11.2 Å². The van der Waals surface area contributed by atoms with Gasteiger partial charge in [0.1, 0.15) is 0 Å². The van der Waals surface area contributed by atoms with E-state index in [4.69, 9.17) is 15.2 Å². The average molecular weight is 437 g/mol. The minimum atomic E-state index is -4.73. The third-order valence-corrected chi connectivity index (χ3v) is 4.94. The number of fused-ring (bicyclic) bond motifs is 1. The summed E-state index contributed by atoms with van der Waals surface area (Å²) in [5, 5.41) is 0. The second kappa shape index (κ2) is 9.25. The third-order valence-electron chi connectivity index (χ3n) is 3.48. The zero-order valence-electron chi connectivity index (χ0n) is 14.4. The molecule has 0 atom stereocenters. The summed E-state index contributed by atoms with van der Waals surface area (Å²) in [6.45, 7) is -1.10. The predicted octanol–water partition coefficient (Wildman–Crippen LogP) is -3.90. The second-order valence-corrected chi connectivity index (χ2v) is 9.09. The van der Waals surface area contributed by atoms with E-state index in [1.54, 1.807) is 0 Å². The molecule has 158 valence electrons. The lowest BCUT2D eigenvalue weighted by Gasteiger charge is -2.30. The number of nitrogens with one attached hydrogen (secondary N) is 1. The van der Waals surface area contributed by atoms with Gasteiger partial charge in [0.25, 0.3) is 5.56 Å². The molecule has 0 saturated carbocycles. The number of nitrogens with zero attached hydrogens (tertiary/aromatic N) is 3. The molecule has 0 aliphatic rings. The maximum Gasteiger partial charge on any atom is 0.280 e. The summed E-state index contributed by atoms with van der Waals surface area (Å²) in [6.07, 6.45) is -0.181. The van der Waals surface area contributed by atoms with E-state index in [9.17, 15) is 33.5 Å². The molecule has 0 aliphatic heterocycles. The van der Waals surface area contributed by atoms with E-state index in [1.807, 2.05) is 0 Å². The first kappa shape index (κ1) is 22.7. The molecule has 2 aromatic heterocycles. The second-order valence-electron chi connectivity index (χ2n) is 5.75. The maximum absolute atomic E-state index is 11.9. The molecular weight excluding hydrogens is 420 g/mol. The van der Waals surface area contributed by atoms with Gasteiger partial charge in [0.05, 0.1) is 38.8 Å². The Morgan fingerprint density at radius 1 is 1.11 bits per heavy atom. The highest BCUT2D eigenvalue weighted by Gasteiger charge is 2.18. The molecule has 0 aromatic carbocycles. The molecule has 0 amide bonds. The molecule has 0 bridgehead atoms. The molecule has 2 aromatic rings. The number of imidazole rings is 1. The Morgan fingerprint density at radius 3 is 2.14 bits per heavy atom. The van der Waals surface area contributed by atoms with E-state index in [0.29, 0.717) is 0 Å². The number of nitrogen functional groups attached to an aromatic ring is 1. The molecule has 16 heteroatoms. The van der Waals surface area contributed by atoms with Crippen molar-refractivity contribution in [3.63, 3.8) is 0 Å². The first-order valence-electron chi connectivity index (χ1n) is 7.86. The fourth-order valence-electron chi connectivity index (χ4n) is 2.21. The summed E-state index contributed by atoms with van der Waals surface area (Å²) in [5.41, 5.74) is 5.01. The van der Waals surface area contributed by atoms with Gasteiger partial charge in [-0.25, -0.2) is 4.98 Å². The van der Waals surface area contributed by atoms with Crippen LogP contribution in [0.15, 0.2) is 11.1 Å². The van der Waals surface area contributed by atoms with Gasteiger partial charge >= 0.3 is 0 Å². The zero-order valence-corrected chi connectivity index (χ0v) is 16.2. The third kappa shape index (κ3) is 7.08. The Hall–Kier alpha value is -1.63. The van der Waals surface area contributed by atoms with E-state index in [2.05, 4.69) is 15.0 Å². The van der Waals surface area contributed by atoms with Crippen LogP contribution in [0.4, 0.5) is 5.95 Å². The highest BCUT2D eigenvalue weighted by Crippen LogP contribution is 2.23. The minimum Gasteiger partial charge on any atom is -0.811 e. The van der Waals surface area contributed by atoms with Gasteiger partial charge in [-0.1, -0.05) is 15.2 Å². The summed E-state index contributed by atoms with van der Waals surface area (Å²) < 4.78 is 33.1. The molecule has 0 radical (unpaired) electrons. The minimum absolute atomic E-state index is 0.0218. The Labute approximate surface area is 158 Å². The van der Waals surface area contributed by atoms with Crippen LogP contribution in [0.3, 0.4) is 0 Å². The van der Waals surface area contributed by atoms with Gasteiger partial charge in [-0.15, -0.1) is 0 Å². The Morgan fingerprint density at radius 2 is 1.64 bits per heavy atom. The van der Waals surface area contributed by atoms with Crippen molar-refractivity contribution >= 4 is 32.3 Å². The van der Waals surface area contributed by atoms with Gasteiger partial charge in [0.15, 0.2) is 11.2 Å². The first-order chi connectivity index (χ1) is 13.0. The average Bonchev–Trinajstić information content (AvgIpc) is 2.95. The van der Waals surface area contributed by atoms with Crippen molar-refractivity contribution in [2.75, 3.05) is 44.5 Å². The molecule has 0 aliphatic carbocycles. The van der Waals surface area contributed by atoms with Crippen LogP contribution in [-0.2, 0) is 18.6 Å². The maximum atomic E-state index is 11.9. The number of H-pyrrole nitrogens is 1. The number of anilines is 1. The monoisotopic (exact) mass is 437 g/mol. The van der Waals surface area contributed by atoms with Gasteiger partial charge in [-0.3, -0.25) is 9.78 Å². The highest BCUT2D eigenvalue weighted by atomic mass is 31.2. The number of aromatic amines is 1. The molecule has 0 saturated heterocycles. The summed E-state index contributed by atoms with van der Waals surface area (Å²) in [4.78, 5) is 64.7. The van der Waals surface area contributed by atoms with Crippen LogP contribution in [0.1, 0.15) is 6.04 Å². The van der Waals surface area contributed by atoms with Crippen molar-refractivity contribution in [2.45, 2.75) is 6.04 Å². The van der Waals surface area contributed by atoms with Gasteiger partial charge in [0.2, 0.25) is 5.95 Å². The molecule has 0 unspecified atom stereocenters. The number of hydrogen-bond acceptors (Lipinski definition) is 12. The van der Waals surface area contributed by atoms with Crippen molar-refractivity contribution in [1.82, 2.24) is 19.5 Å². The molecule has 0 fully saturated rings. The topological polar surface area (TPSA) is 234 Å². The standard InChI is InChI=1S/C12H21N5O9P2/c13-12-15-10-9(11(18)16-12)14-7-17(10)8(5-25-1-3-27(19,20)21)6-26-2-4-28(22,23)24/h7-8H,1-6H2,(H2,19,20,21)(H2,22,23,24)(H3,13,15,16,18)/p-4. The van der Waals surface area contributed by atoms with Gasteiger partial charge in [-0.2, -0.15) is 4.98 Å². The van der Waals surface area contributed by atoms with E-state index >= 15 is 0 Å². The van der Waals surface area contributed by atoms with E-state index in [0.717, 1.165) is 0 Å². The van der Waals surface area contributed by atoms with E-state index in [1.165, 1.54) is 10.9 Å². The lowest BCUT2D eigenvalue weighted by Crippen LogP contribution is -2.25. The fraction of sp³-hybridized carbons (Fsp3) is 0.583. The van der Waals surface area contributed by atoms with Crippen molar-refractivity contribution < 1.29 is 38.2 Å². The van der Waals surface area contributed by atoms with Crippen molar-refractivity contribution in [1.29, 1.82) is 0 Å². The number of aromatic nitrogens is 4. The predicted molar refractivity (Wildman–Crippen MR) is 88.2 cm³/mol. The fourth-order valence-corrected chi connectivity index (χ4v) is 2.92. The summed E-state index contributed by atoms with van der Waals surface area (Å²) in [6, 6.07) is -0.728. The smallest absolute Gasteiger partial charge is 0.280 e. The SMILES string of the molecule is Nc1nc2c(ncn2C(COCCP(=O)([O-])[O-])COCCP(=O)([O-])[O-])c(=O)[nH]1. The normalized spacial score (nSPS) is 12.9. The largest absolute Gasteiger partial charge is 0.811 e. The number of nitrogens with two attached hydrogens (primary N) is 1. The van der Waals surface area contributed by atoms with Crippen molar-refractivity contribution in [2.24, 2.45) is 0 Å². The highest BCUT2D eigenvalue weighted by molar-refractivity contribution is 7.49. The van der Waals surface area contributed by atoms with Gasteiger partial charge in [0, 0.05) is 0 Å². The quantitative estimate of drug-likeness (QED) is 0.253. The molecule has 14 nitrogen and oxygen atoms in total. The lowest BCUT2D eigenvalue weighted by atomic mass is 10.3.